The third kappa shape index (κ3) is 1.59. The van der Waals surface area contributed by atoms with Gasteiger partial charge in [-0.25, -0.2) is 9.80 Å². The van der Waals surface area contributed by atoms with Crippen molar-refractivity contribution < 1.29 is 14.7 Å². The van der Waals surface area contributed by atoms with E-state index in [2.05, 4.69) is 5.10 Å². The Morgan fingerprint density at radius 2 is 2.28 bits per heavy atom. The fourth-order valence-electron chi connectivity index (χ4n) is 2.49. The largest absolute Gasteiger partial charge is 0.478 e. The molecule has 2 aliphatic rings. The van der Waals surface area contributed by atoms with E-state index in [9.17, 15) is 9.59 Å². The van der Waals surface area contributed by atoms with E-state index in [4.69, 9.17) is 5.11 Å². The first-order valence-corrected chi connectivity index (χ1v) is 5.91. The molecule has 1 amide bonds. The molecule has 1 atom stereocenters. The van der Waals surface area contributed by atoms with E-state index in [0.29, 0.717) is 5.69 Å². The van der Waals surface area contributed by atoms with Crippen LogP contribution in [-0.4, -0.2) is 22.7 Å². The summed E-state index contributed by atoms with van der Waals surface area (Å²) >= 11 is 0. The molecule has 1 unspecified atom stereocenters. The standard InChI is InChI=1S/C13H12N2O3/c16-12-10-5-2-6-11(10)14-15(12)9-4-1-3-8(7-9)13(17)18/h1,3-4,7,10H,2,5-6H2,(H,17,18). The molecule has 1 aromatic carbocycles. The van der Waals surface area contributed by atoms with Gasteiger partial charge in [0.25, 0.3) is 5.91 Å². The lowest BCUT2D eigenvalue weighted by Crippen LogP contribution is -2.25. The number of benzene rings is 1. The van der Waals surface area contributed by atoms with Gasteiger partial charge in [-0.05, 0) is 37.5 Å². The van der Waals surface area contributed by atoms with Crippen LogP contribution >= 0.6 is 0 Å². The summed E-state index contributed by atoms with van der Waals surface area (Å²) in [5, 5.41) is 14.6. The number of fused-ring (bicyclic) bond motifs is 1. The zero-order valence-corrected chi connectivity index (χ0v) is 9.67. The van der Waals surface area contributed by atoms with Crippen LogP contribution in [0.25, 0.3) is 0 Å². The van der Waals surface area contributed by atoms with Crippen LogP contribution in [0.15, 0.2) is 29.4 Å². The van der Waals surface area contributed by atoms with Gasteiger partial charge in [0.05, 0.1) is 22.9 Å². The van der Waals surface area contributed by atoms with Crippen molar-refractivity contribution in [3.63, 3.8) is 0 Å². The Kier molecular flexibility index (Phi) is 2.40. The Balaban J connectivity index is 1.96. The van der Waals surface area contributed by atoms with Crippen molar-refractivity contribution in [1.29, 1.82) is 0 Å². The molecular weight excluding hydrogens is 232 g/mol. The number of carboxylic acid groups (broad SMARTS) is 1. The maximum absolute atomic E-state index is 12.1. The number of hydrogen-bond donors (Lipinski definition) is 1. The van der Waals surface area contributed by atoms with Gasteiger partial charge < -0.3 is 5.11 Å². The highest BCUT2D eigenvalue weighted by Crippen LogP contribution is 2.33. The van der Waals surface area contributed by atoms with E-state index in [1.807, 2.05) is 0 Å². The van der Waals surface area contributed by atoms with E-state index >= 15 is 0 Å². The van der Waals surface area contributed by atoms with Gasteiger partial charge in [0.2, 0.25) is 0 Å². The molecule has 3 rings (SSSR count). The van der Waals surface area contributed by atoms with Gasteiger partial charge in [-0.2, -0.15) is 5.10 Å². The molecular formula is C13H12N2O3. The molecule has 18 heavy (non-hydrogen) atoms. The van der Waals surface area contributed by atoms with Crippen molar-refractivity contribution in [3.8, 4) is 0 Å². The molecule has 0 radical (unpaired) electrons. The predicted octanol–water partition coefficient (Wildman–Crippen LogP) is 1.89. The number of nitrogens with zero attached hydrogens (tertiary/aromatic N) is 2. The summed E-state index contributed by atoms with van der Waals surface area (Å²) in [5.74, 6) is -1.13. The molecule has 0 saturated heterocycles. The van der Waals surface area contributed by atoms with Crippen LogP contribution in [0.2, 0.25) is 0 Å². The Morgan fingerprint density at radius 1 is 1.44 bits per heavy atom. The van der Waals surface area contributed by atoms with Crippen molar-refractivity contribution in [3.05, 3.63) is 29.8 Å². The van der Waals surface area contributed by atoms with E-state index in [1.165, 1.54) is 17.1 Å². The van der Waals surface area contributed by atoms with Crippen LogP contribution in [0.1, 0.15) is 29.6 Å². The molecule has 1 fully saturated rings. The second kappa shape index (κ2) is 3.94. The fraction of sp³-hybridized carbons (Fsp3) is 0.308. The molecule has 0 bridgehead atoms. The molecule has 1 aliphatic heterocycles. The number of aromatic carboxylic acids is 1. The normalized spacial score (nSPS) is 22.0. The molecule has 1 N–H and O–H groups in total. The number of amides is 1. The highest BCUT2D eigenvalue weighted by atomic mass is 16.4. The molecule has 1 saturated carbocycles. The second-order valence-electron chi connectivity index (χ2n) is 4.54. The van der Waals surface area contributed by atoms with Crippen LogP contribution in [0.5, 0.6) is 0 Å². The Bertz CT molecular complexity index is 565. The first-order chi connectivity index (χ1) is 8.66. The highest BCUT2D eigenvalue weighted by molar-refractivity contribution is 6.16. The lowest BCUT2D eigenvalue weighted by atomic mass is 10.1. The quantitative estimate of drug-likeness (QED) is 0.863. The topological polar surface area (TPSA) is 70.0 Å². The Labute approximate surface area is 104 Å². The number of rotatable bonds is 2. The molecule has 5 heteroatoms. The summed E-state index contributed by atoms with van der Waals surface area (Å²) in [6, 6.07) is 6.31. The monoisotopic (exact) mass is 244 g/mol. The minimum Gasteiger partial charge on any atom is -0.478 e. The SMILES string of the molecule is O=C(O)c1cccc(N2N=C3CCCC3C2=O)c1. The number of carboxylic acids is 1. The Hall–Kier alpha value is -2.17. The van der Waals surface area contributed by atoms with Crippen molar-refractivity contribution >= 4 is 23.3 Å². The second-order valence-corrected chi connectivity index (χ2v) is 4.54. The van der Waals surface area contributed by atoms with Gasteiger partial charge in [0, 0.05) is 0 Å². The number of carbonyl (C=O) groups is 2. The number of anilines is 1. The summed E-state index contributed by atoms with van der Waals surface area (Å²) in [4.78, 5) is 23.0. The summed E-state index contributed by atoms with van der Waals surface area (Å²) < 4.78 is 0. The van der Waals surface area contributed by atoms with Crippen molar-refractivity contribution in [2.75, 3.05) is 5.01 Å². The molecule has 1 aromatic rings. The minimum absolute atomic E-state index is 0.0370. The van der Waals surface area contributed by atoms with E-state index in [1.54, 1.807) is 12.1 Å². The maximum Gasteiger partial charge on any atom is 0.335 e. The highest BCUT2D eigenvalue weighted by Gasteiger charge is 2.39. The van der Waals surface area contributed by atoms with E-state index in [0.717, 1.165) is 25.0 Å². The van der Waals surface area contributed by atoms with Crippen LogP contribution in [0, 0.1) is 5.92 Å². The molecule has 5 nitrogen and oxygen atoms in total. The van der Waals surface area contributed by atoms with Gasteiger partial charge in [0.1, 0.15) is 0 Å². The van der Waals surface area contributed by atoms with Crippen LogP contribution in [0.4, 0.5) is 5.69 Å². The van der Waals surface area contributed by atoms with Gasteiger partial charge in [-0.15, -0.1) is 0 Å². The predicted molar refractivity (Wildman–Crippen MR) is 65.7 cm³/mol. The van der Waals surface area contributed by atoms with Gasteiger partial charge >= 0.3 is 5.97 Å². The molecule has 0 spiro atoms. The average molecular weight is 244 g/mol. The van der Waals surface area contributed by atoms with Gasteiger partial charge in [-0.1, -0.05) is 6.07 Å². The van der Waals surface area contributed by atoms with Crippen molar-refractivity contribution in [1.82, 2.24) is 0 Å². The third-order valence-electron chi connectivity index (χ3n) is 3.40. The smallest absolute Gasteiger partial charge is 0.335 e. The zero-order chi connectivity index (χ0) is 12.7. The molecule has 92 valence electrons. The summed E-state index contributed by atoms with van der Waals surface area (Å²) in [6.07, 6.45) is 2.73. The fourth-order valence-corrected chi connectivity index (χ4v) is 2.49. The summed E-state index contributed by atoms with van der Waals surface area (Å²) in [7, 11) is 0. The number of hydrogen-bond acceptors (Lipinski definition) is 3. The lowest BCUT2D eigenvalue weighted by Gasteiger charge is -2.14. The third-order valence-corrected chi connectivity index (χ3v) is 3.40. The lowest BCUT2D eigenvalue weighted by molar-refractivity contribution is -0.119. The van der Waals surface area contributed by atoms with Crippen LogP contribution in [0.3, 0.4) is 0 Å². The van der Waals surface area contributed by atoms with Gasteiger partial charge in [-0.3, -0.25) is 4.79 Å². The molecule has 1 heterocycles. The van der Waals surface area contributed by atoms with E-state index < -0.39 is 5.97 Å². The average Bonchev–Trinajstić information content (AvgIpc) is 2.93. The van der Waals surface area contributed by atoms with Gasteiger partial charge in [0.15, 0.2) is 0 Å². The first-order valence-electron chi connectivity index (χ1n) is 5.91. The summed E-state index contributed by atoms with van der Waals surface area (Å²) in [5.41, 5.74) is 1.63. The van der Waals surface area contributed by atoms with Crippen LogP contribution in [-0.2, 0) is 4.79 Å². The van der Waals surface area contributed by atoms with Crippen molar-refractivity contribution in [2.24, 2.45) is 11.0 Å². The Morgan fingerprint density at radius 3 is 3.00 bits per heavy atom. The minimum atomic E-state index is -1.00. The number of hydrazone groups is 1. The maximum atomic E-state index is 12.1. The van der Waals surface area contributed by atoms with E-state index in [-0.39, 0.29) is 17.4 Å². The zero-order valence-electron chi connectivity index (χ0n) is 9.67. The molecule has 1 aliphatic carbocycles. The molecule has 0 aromatic heterocycles. The first kappa shape index (κ1) is 11.0. The number of carbonyl (C=O) groups excluding carboxylic acids is 1. The summed E-state index contributed by atoms with van der Waals surface area (Å²) in [6.45, 7) is 0. The van der Waals surface area contributed by atoms with Crippen LogP contribution < -0.4 is 5.01 Å². The van der Waals surface area contributed by atoms with Crippen molar-refractivity contribution in [2.45, 2.75) is 19.3 Å².